The fourth-order valence-electron chi connectivity index (χ4n) is 1.73. The molecule has 0 bridgehead atoms. The molecular formula is C10H22N2. The van der Waals surface area contributed by atoms with Crippen molar-refractivity contribution in [1.29, 1.82) is 0 Å². The summed E-state index contributed by atoms with van der Waals surface area (Å²) in [5.41, 5.74) is 0. The minimum atomic E-state index is 0.713. The van der Waals surface area contributed by atoms with Crippen LogP contribution in [0.5, 0.6) is 0 Å². The molecular weight excluding hydrogens is 148 g/mol. The first kappa shape index (κ1) is 10.0. The van der Waals surface area contributed by atoms with E-state index >= 15 is 0 Å². The second-order valence-electron chi connectivity index (χ2n) is 4.17. The van der Waals surface area contributed by atoms with E-state index in [0.717, 1.165) is 6.04 Å². The van der Waals surface area contributed by atoms with Crippen LogP contribution in [0.3, 0.4) is 0 Å². The van der Waals surface area contributed by atoms with Crippen molar-refractivity contribution >= 4 is 0 Å². The predicted molar refractivity (Wildman–Crippen MR) is 53.4 cm³/mol. The van der Waals surface area contributed by atoms with E-state index < -0.39 is 0 Å². The third-order valence-corrected chi connectivity index (χ3v) is 3.39. The van der Waals surface area contributed by atoms with Gasteiger partial charge in [0.2, 0.25) is 0 Å². The van der Waals surface area contributed by atoms with Crippen LogP contribution in [0.4, 0.5) is 0 Å². The second kappa shape index (κ2) is 3.75. The maximum absolute atomic E-state index is 2.49. The van der Waals surface area contributed by atoms with Crippen molar-refractivity contribution < 1.29 is 0 Å². The molecule has 2 unspecified atom stereocenters. The van der Waals surface area contributed by atoms with Gasteiger partial charge in [-0.25, -0.2) is 0 Å². The van der Waals surface area contributed by atoms with Gasteiger partial charge in [0.05, 0.1) is 0 Å². The van der Waals surface area contributed by atoms with Gasteiger partial charge in [-0.1, -0.05) is 6.92 Å². The van der Waals surface area contributed by atoms with E-state index in [2.05, 4.69) is 44.7 Å². The van der Waals surface area contributed by atoms with Crippen LogP contribution in [-0.2, 0) is 0 Å². The highest BCUT2D eigenvalue weighted by molar-refractivity contribution is 4.95. The Morgan fingerprint density at radius 1 is 1.50 bits per heavy atom. The highest BCUT2D eigenvalue weighted by Gasteiger charge is 2.37. The lowest BCUT2D eigenvalue weighted by Crippen LogP contribution is -2.40. The molecule has 0 saturated carbocycles. The van der Waals surface area contributed by atoms with Crippen LogP contribution in [0, 0.1) is 0 Å². The molecule has 1 aliphatic rings. The summed E-state index contributed by atoms with van der Waals surface area (Å²) < 4.78 is 0. The van der Waals surface area contributed by atoms with Crippen LogP contribution in [0.1, 0.15) is 27.2 Å². The molecule has 2 nitrogen and oxygen atoms in total. The zero-order valence-electron chi connectivity index (χ0n) is 9.04. The molecule has 0 aromatic carbocycles. The molecule has 72 valence electrons. The largest absolute Gasteiger partial charge is 0.299 e. The fraction of sp³-hybridized carbons (Fsp3) is 1.00. The van der Waals surface area contributed by atoms with Crippen LogP contribution < -0.4 is 0 Å². The fourth-order valence-corrected chi connectivity index (χ4v) is 1.73. The smallest absolute Gasteiger partial charge is 0.0373 e. The lowest BCUT2D eigenvalue weighted by Gasteiger charge is -2.30. The Bertz CT molecular complexity index is 139. The Balaban J connectivity index is 2.35. The van der Waals surface area contributed by atoms with Crippen LogP contribution in [0.25, 0.3) is 0 Å². The second-order valence-corrected chi connectivity index (χ2v) is 4.17. The van der Waals surface area contributed by atoms with Crippen molar-refractivity contribution in [2.24, 2.45) is 0 Å². The molecule has 1 saturated heterocycles. The van der Waals surface area contributed by atoms with E-state index in [1.165, 1.54) is 13.0 Å². The molecule has 0 spiro atoms. The number of likely N-dealkylation sites (N-methyl/N-ethyl adjacent to an activating group) is 2. The van der Waals surface area contributed by atoms with Gasteiger partial charge in [-0.2, -0.15) is 0 Å². The highest BCUT2D eigenvalue weighted by Crippen LogP contribution is 2.22. The molecule has 1 aliphatic heterocycles. The molecule has 12 heavy (non-hydrogen) atoms. The number of hydrogen-bond acceptors (Lipinski definition) is 2. The Hall–Kier alpha value is -0.0800. The van der Waals surface area contributed by atoms with Crippen molar-refractivity contribution in [3.05, 3.63) is 0 Å². The molecule has 2 heteroatoms. The normalized spacial score (nSPS) is 33.5. The average Bonchev–Trinajstić information content (AvgIpc) is 2.78. The first-order valence-electron chi connectivity index (χ1n) is 5.00. The zero-order chi connectivity index (χ0) is 9.30. The van der Waals surface area contributed by atoms with Crippen molar-refractivity contribution in [3.63, 3.8) is 0 Å². The summed E-state index contributed by atoms with van der Waals surface area (Å²) >= 11 is 0. The Kier molecular flexibility index (Phi) is 3.13. The maximum atomic E-state index is 2.49. The molecule has 1 rings (SSSR count). The van der Waals surface area contributed by atoms with Crippen LogP contribution in [-0.4, -0.2) is 48.6 Å². The molecule has 1 fully saturated rings. The summed E-state index contributed by atoms with van der Waals surface area (Å²) in [6.45, 7) is 8.17. The summed E-state index contributed by atoms with van der Waals surface area (Å²) in [7, 11) is 4.44. The van der Waals surface area contributed by atoms with Gasteiger partial charge in [-0.05, 0) is 34.4 Å². The van der Waals surface area contributed by atoms with E-state index in [1.807, 2.05) is 0 Å². The van der Waals surface area contributed by atoms with Gasteiger partial charge in [-0.15, -0.1) is 0 Å². The van der Waals surface area contributed by atoms with Gasteiger partial charge in [0.25, 0.3) is 0 Å². The van der Waals surface area contributed by atoms with Gasteiger partial charge >= 0.3 is 0 Å². The van der Waals surface area contributed by atoms with Gasteiger partial charge in [0, 0.05) is 24.7 Å². The number of nitrogens with zero attached hydrogens (tertiary/aromatic N) is 2. The minimum Gasteiger partial charge on any atom is -0.299 e. The first-order valence-corrected chi connectivity index (χ1v) is 5.00. The SMILES string of the molecule is CC[C@H](C)N(C)[C@@H](C)C1CN1C. The Morgan fingerprint density at radius 3 is 2.33 bits per heavy atom. The van der Waals surface area contributed by atoms with Crippen LogP contribution >= 0.6 is 0 Å². The van der Waals surface area contributed by atoms with Crippen molar-refractivity contribution in [2.45, 2.75) is 45.3 Å². The lowest BCUT2D eigenvalue weighted by atomic mass is 10.1. The van der Waals surface area contributed by atoms with Crippen molar-refractivity contribution in [3.8, 4) is 0 Å². The van der Waals surface area contributed by atoms with Crippen LogP contribution in [0.2, 0.25) is 0 Å². The summed E-state index contributed by atoms with van der Waals surface area (Å²) in [6.07, 6.45) is 1.25. The quantitative estimate of drug-likeness (QED) is 0.589. The average molecular weight is 170 g/mol. The lowest BCUT2D eigenvalue weighted by molar-refractivity contribution is 0.179. The standard InChI is InChI=1S/C10H22N2/c1-6-8(2)12(5)9(3)10-7-11(10)4/h8-10H,6-7H2,1-5H3/t8-,9-,10?,11?/m0/s1. The summed E-state index contributed by atoms with van der Waals surface area (Å²) in [4.78, 5) is 4.90. The number of hydrogen-bond donors (Lipinski definition) is 0. The topological polar surface area (TPSA) is 6.25 Å². The first-order chi connectivity index (χ1) is 5.57. The monoisotopic (exact) mass is 170 g/mol. The molecule has 0 aromatic rings. The Morgan fingerprint density at radius 2 is 2.00 bits per heavy atom. The van der Waals surface area contributed by atoms with Gasteiger partial charge in [0.1, 0.15) is 0 Å². The van der Waals surface area contributed by atoms with Crippen molar-refractivity contribution in [1.82, 2.24) is 9.80 Å². The molecule has 1 heterocycles. The molecule has 0 amide bonds. The van der Waals surface area contributed by atoms with E-state index in [1.54, 1.807) is 0 Å². The summed E-state index contributed by atoms with van der Waals surface area (Å²) in [5, 5.41) is 0. The van der Waals surface area contributed by atoms with E-state index in [-0.39, 0.29) is 0 Å². The molecule has 0 aliphatic carbocycles. The summed E-state index contributed by atoms with van der Waals surface area (Å²) in [5.74, 6) is 0. The highest BCUT2D eigenvalue weighted by atomic mass is 15.3. The van der Waals surface area contributed by atoms with E-state index in [4.69, 9.17) is 0 Å². The van der Waals surface area contributed by atoms with E-state index in [0.29, 0.717) is 12.1 Å². The van der Waals surface area contributed by atoms with E-state index in [9.17, 15) is 0 Å². The predicted octanol–water partition coefficient (Wildman–Crippen LogP) is 1.42. The molecule has 0 aromatic heterocycles. The molecule has 4 atom stereocenters. The van der Waals surface area contributed by atoms with Gasteiger partial charge in [-0.3, -0.25) is 9.80 Å². The Labute approximate surface area is 76.5 Å². The molecule has 0 radical (unpaired) electrons. The van der Waals surface area contributed by atoms with Gasteiger partial charge in [0.15, 0.2) is 0 Å². The number of rotatable bonds is 4. The van der Waals surface area contributed by atoms with Crippen molar-refractivity contribution in [2.75, 3.05) is 20.6 Å². The minimum absolute atomic E-state index is 0.713. The third kappa shape index (κ3) is 1.99. The van der Waals surface area contributed by atoms with Gasteiger partial charge < -0.3 is 0 Å². The third-order valence-electron chi connectivity index (χ3n) is 3.39. The summed E-state index contributed by atoms with van der Waals surface area (Å²) in [6, 6.07) is 2.24. The zero-order valence-corrected chi connectivity index (χ0v) is 9.04. The van der Waals surface area contributed by atoms with Crippen LogP contribution in [0.15, 0.2) is 0 Å². The maximum Gasteiger partial charge on any atom is 0.0373 e. The molecule has 0 N–H and O–H groups in total.